The molecule has 110 valence electrons. The van der Waals surface area contributed by atoms with E-state index >= 15 is 0 Å². The van der Waals surface area contributed by atoms with Gasteiger partial charge < -0.3 is 9.72 Å². The Bertz CT molecular complexity index is 739. The minimum atomic E-state index is -0.00787. The van der Waals surface area contributed by atoms with Crippen molar-refractivity contribution in [2.75, 3.05) is 6.61 Å². The highest BCUT2D eigenvalue weighted by Crippen LogP contribution is 2.19. The highest BCUT2D eigenvalue weighted by atomic mass is 16.5. The molecule has 1 aromatic carbocycles. The third kappa shape index (κ3) is 3.43. The van der Waals surface area contributed by atoms with Crippen LogP contribution >= 0.6 is 0 Å². The van der Waals surface area contributed by atoms with Gasteiger partial charge in [-0.2, -0.15) is 5.26 Å². The van der Waals surface area contributed by atoms with Crippen LogP contribution in [0.5, 0.6) is 5.75 Å². The molecule has 2 aromatic rings. The van der Waals surface area contributed by atoms with Crippen LogP contribution in [0.1, 0.15) is 31.5 Å². The van der Waals surface area contributed by atoms with E-state index in [0.29, 0.717) is 42.1 Å². The summed E-state index contributed by atoms with van der Waals surface area (Å²) >= 11 is 0. The van der Waals surface area contributed by atoms with Crippen molar-refractivity contribution >= 4 is 10.9 Å². The van der Waals surface area contributed by atoms with Crippen LogP contribution in [0.4, 0.5) is 0 Å². The summed E-state index contributed by atoms with van der Waals surface area (Å²) < 4.78 is 5.68. The lowest BCUT2D eigenvalue weighted by atomic mass is 10.0. The van der Waals surface area contributed by atoms with Gasteiger partial charge in [-0.15, -0.1) is 0 Å². The fourth-order valence-electron chi connectivity index (χ4n) is 2.27. The van der Waals surface area contributed by atoms with Crippen molar-refractivity contribution in [1.82, 2.24) is 4.98 Å². The van der Waals surface area contributed by atoms with Crippen molar-refractivity contribution in [3.63, 3.8) is 0 Å². The summed E-state index contributed by atoms with van der Waals surface area (Å²) in [4.78, 5) is 15.8. The second kappa shape index (κ2) is 6.45. The predicted octanol–water partition coefficient (Wildman–Crippen LogP) is 3.33. The SMILES string of the molecule is Cc1[nH]c2ccc(OCC(C)C)cc2c(=O)c1CCC#N. The summed E-state index contributed by atoms with van der Waals surface area (Å²) in [5.74, 6) is 1.14. The van der Waals surface area contributed by atoms with Crippen molar-refractivity contribution < 1.29 is 4.74 Å². The molecule has 0 amide bonds. The number of benzene rings is 1. The molecule has 4 heteroatoms. The van der Waals surface area contributed by atoms with Gasteiger partial charge in [0.15, 0.2) is 5.43 Å². The first-order valence-corrected chi connectivity index (χ1v) is 7.18. The number of hydrogen-bond donors (Lipinski definition) is 1. The molecule has 0 bridgehead atoms. The quantitative estimate of drug-likeness (QED) is 0.915. The first-order valence-electron chi connectivity index (χ1n) is 7.18. The number of aromatic nitrogens is 1. The molecule has 1 N–H and O–H groups in total. The van der Waals surface area contributed by atoms with Gasteiger partial charge in [0.1, 0.15) is 5.75 Å². The van der Waals surface area contributed by atoms with E-state index in [0.717, 1.165) is 11.2 Å². The van der Waals surface area contributed by atoms with E-state index in [9.17, 15) is 4.79 Å². The van der Waals surface area contributed by atoms with E-state index in [4.69, 9.17) is 10.00 Å². The zero-order chi connectivity index (χ0) is 15.4. The average Bonchev–Trinajstić information content (AvgIpc) is 2.45. The lowest BCUT2D eigenvalue weighted by molar-refractivity contribution is 0.271. The fourth-order valence-corrected chi connectivity index (χ4v) is 2.27. The number of hydrogen-bond acceptors (Lipinski definition) is 3. The van der Waals surface area contributed by atoms with Gasteiger partial charge in [-0.25, -0.2) is 0 Å². The highest BCUT2D eigenvalue weighted by Gasteiger charge is 2.10. The third-order valence-electron chi connectivity index (χ3n) is 3.35. The fraction of sp³-hybridized carbons (Fsp3) is 0.412. The van der Waals surface area contributed by atoms with Gasteiger partial charge in [-0.1, -0.05) is 13.8 Å². The van der Waals surface area contributed by atoms with Gasteiger partial charge in [0.05, 0.1) is 12.7 Å². The van der Waals surface area contributed by atoms with E-state index < -0.39 is 0 Å². The van der Waals surface area contributed by atoms with E-state index in [1.54, 1.807) is 6.07 Å². The maximum absolute atomic E-state index is 12.6. The molecule has 0 saturated carbocycles. The topological polar surface area (TPSA) is 65.9 Å². The number of pyridine rings is 1. The molecule has 1 heterocycles. The van der Waals surface area contributed by atoms with Crippen LogP contribution < -0.4 is 10.2 Å². The number of ether oxygens (including phenoxy) is 1. The molecule has 0 aliphatic heterocycles. The second-order valence-electron chi connectivity index (χ2n) is 5.63. The summed E-state index contributed by atoms with van der Waals surface area (Å²) in [7, 11) is 0. The standard InChI is InChI=1S/C17H20N2O2/c1-11(2)10-21-13-6-7-16-15(9-13)17(20)14(5-4-8-18)12(3)19-16/h6-7,9,11H,4-5,10H2,1-3H3,(H,19,20). The highest BCUT2D eigenvalue weighted by molar-refractivity contribution is 5.81. The van der Waals surface area contributed by atoms with Crippen LogP contribution in [0.25, 0.3) is 10.9 Å². The Morgan fingerprint density at radius 2 is 2.14 bits per heavy atom. The van der Waals surface area contributed by atoms with Crippen molar-refractivity contribution in [3.8, 4) is 11.8 Å². The summed E-state index contributed by atoms with van der Waals surface area (Å²) in [6.07, 6.45) is 0.823. The van der Waals surface area contributed by atoms with Crippen molar-refractivity contribution in [2.45, 2.75) is 33.6 Å². The average molecular weight is 284 g/mol. The van der Waals surface area contributed by atoms with Crippen LogP contribution in [0.3, 0.4) is 0 Å². The van der Waals surface area contributed by atoms with Crippen LogP contribution in [0, 0.1) is 24.2 Å². The second-order valence-corrected chi connectivity index (χ2v) is 5.63. The van der Waals surface area contributed by atoms with Crippen molar-refractivity contribution in [1.29, 1.82) is 5.26 Å². The number of nitrogens with one attached hydrogen (secondary N) is 1. The number of fused-ring (bicyclic) bond motifs is 1. The van der Waals surface area contributed by atoms with Crippen LogP contribution in [0.15, 0.2) is 23.0 Å². The molecule has 21 heavy (non-hydrogen) atoms. The normalized spacial score (nSPS) is 10.8. The van der Waals surface area contributed by atoms with Gasteiger partial charge in [-0.05, 0) is 37.5 Å². The monoisotopic (exact) mass is 284 g/mol. The molecule has 0 unspecified atom stereocenters. The number of rotatable bonds is 5. The number of aryl methyl sites for hydroxylation is 1. The van der Waals surface area contributed by atoms with E-state index in [2.05, 4.69) is 24.9 Å². The Morgan fingerprint density at radius 1 is 1.38 bits per heavy atom. The molecule has 2 rings (SSSR count). The molecule has 0 aliphatic rings. The number of aromatic amines is 1. The maximum Gasteiger partial charge on any atom is 0.192 e. The molecule has 0 fully saturated rings. The zero-order valence-electron chi connectivity index (χ0n) is 12.7. The molecule has 0 radical (unpaired) electrons. The maximum atomic E-state index is 12.6. The van der Waals surface area contributed by atoms with Crippen molar-refractivity contribution in [2.24, 2.45) is 5.92 Å². The zero-order valence-corrected chi connectivity index (χ0v) is 12.7. The number of nitriles is 1. The van der Waals surface area contributed by atoms with Crippen LogP contribution in [0.2, 0.25) is 0 Å². The molecule has 0 spiro atoms. The number of H-pyrrole nitrogens is 1. The Morgan fingerprint density at radius 3 is 2.81 bits per heavy atom. The summed E-state index contributed by atoms with van der Waals surface area (Å²) in [6, 6.07) is 7.61. The molecule has 0 saturated heterocycles. The minimum Gasteiger partial charge on any atom is -0.493 e. The van der Waals surface area contributed by atoms with Gasteiger partial charge in [-0.3, -0.25) is 4.79 Å². The van der Waals surface area contributed by atoms with Gasteiger partial charge in [0, 0.05) is 28.6 Å². The summed E-state index contributed by atoms with van der Waals surface area (Å²) in [5, 5.41) is 9.33. The van der Waals surface area contributed by atoms with Crippen molar-refractivity contribution in [3.05, 3.63) is 39.7 Å². The number of nitrogens with zero attached hydrogens (tertiary/aromatic N) is 1. The largest absolute Gasteiger partial charge is 0.493 e. The molecule has 4 nitrogen and oxygen atoms in total. The minimum absolute atomic E-state index is 0.00787. The predicted molar refractivity (Wildman–Crippen MR) is 83.6 cm³/mol. The van der Waals surface area contributed by atoms with Gasteiger partial charge in [0.2, 0.25) is 0 Å². The van der Waals surface area contributed by atoms with E-state index in [-0.39, 0.29) is 5.43 Å². The summed E-state index contributed by atoms with van der Waals surface area (Å²) in [5.41, 5.74) is 2.31. The Hall–Kier alpha value is -2.28. The van der Waals surface area contributed by atoms with Gasteiger partial charge >= 0.3 is 0 Å². The first-order chi connectivity index (χ1) is 10.0. The summed E-state index contributed by atoms with van der Waals surface area (Å²) in [6.45, 7) is 6.65. The van der Waals surface area contributed by atoms with E-state index in [1.807, 2.05) is 19.1 Å². The van der Waals surface area contributed by atoms with Crippen LogP contribution in [-0.4, -0.2) is 11.6 Å². The molecule has 1 aromatic heterocycles. The molecular formula is C17H20N2O2. The molecule has 0 aliphatic carbocycles. The smallest absolute Gasteiger partial charge is 0.192 e. The van der Waals surface area contributed by atoms with Gasteiger partial charge in [0.25, 0.3) is 0 Å². The first kappa shape index (κ1) is 15.1. The Labute approximate surface area is 124 Å². The molecule has 0 atom stereocenters. The lowest BCUT2D eigenvalue weighted by Gasteiger charge is -2.11. The Balaban J connectivity index is 2.45. The third-order valence-corrected chi connectivity index (χ3v) is 3.35. The van der Waals surface area contributed by atoms with Crippen LogP contribution in [-0.2, 0) is 6.42 Å². The Kier molecular flexibility index (Phi) is 4.64. The van der Waals surface area contributed by atoms with E-state index in [1.165, 1.54) is 0 Å². The lowest BCUT2D eigenvalue weighted by Crippen LogP contribution is -2.13. The molecular weight excluding hydrogens is 264 g/mol.